The maximum absolute atomic E-state index is 12.8. The number of ether oxygens (including phenoxy) is 2. The quantitative estimate of drug-likeness (QED) is 0.827. The zero-order valence-corrected chi connectivity index (χ0v) is 13.7. The van der Waals surface area contributed by atoms with E-state index in [0.717, 1.165) is 70.3 Å². The molecular formula is C16H24N2O3S. The van der Waals surface area contributed by atoms with E-state index in [-0.39, 0.29) is 5.91 Å². The molecule has 22 heavy (non-hydrogen) atoms. The smallest absolute Gasteiger partial charge is 0.264 e. The summed E-state index contributed by atoms with van der Waals surface area (Å²) in [6.45, 7) is 6.78. The summed E-state index contributed by atoms with van der Waals surface area (Å²) in [5, 5.41) is 1.97. The van der Waals surface area contributed by atoms with Crippen molar-refractivity contribution >= 4 is 17.2 Å². The summed E-state index contributed by atoms with van der Waals surface area (Å²) < 4.78 is 10.8. The minimum absolute atomic E-state index is 0.176. The molecule has 1 aromatic rings. The van der Waals surface area contributed by atoms with Crippen LogP contribution in [0, 0.1) is 0 Å². The molecule has 0 aliphatic carbocycles. The van der Waals surface area contributed by atoms with Gasteiger partial charge in [0.25, 0.3) is 5.91 Å². The van der Waals surface area contributed by atoms with Crippen LogP contribution in [0.2, 0.25) is 0 Å². The summed E-state index contributed by atoms with van der Waals surface area (Å²) in [6.07, 6.45) is 1.89. The molecule has 0 aromatic carbocycles. The number of carbonyl (C=O) groups excluding carboxylic acids is 1. The van der Waals surface area contributed by atoms with Crippen LogP contribution in [0.4, 0.5) is 0 Å². The van der Waals surface area contributed by atoms with Gasteiger partial charge < -0.3 is 14.4 Å². The van der Waals surface area contributed by atoms with E-state index in [1.807, 2.05) is 17.5 Å². The SMILES string of the molecule is O=C(c1cccs1)N(CCN1CCOCC1)C1CCOCC1. The molecule has 0 N–H and O–H groups in total. The van der Waals surface area contributed by atoms with Gasteiger partial charge in [0.2, 0.25) is 0 Å². The molecule has 0 saturated carbocycles. The van der Waals surface area contributed by atoms with Crippen LogP contribution in [0.3, 0.4) is 0 Å². The van der Waals surface area contributed by atoms with Crippen LogP contribution in [0.5, 0.6) is 0 Å². The summed E-state index contributed by atoms with van der Waals surface area (Å²) in [5.74, 6) is 0.176. The van der Waals surface area contributed by atoms with Crippen LogP contribution in [0.1, 0.15) is 22.5 Å². The molecule has 3 rings (SSSR count). The van der Waals surface area contributed by atoms with Gasteiger partial charge in [-0.3, -0.25) is 9.69 Å². The van der Waals surface area contributed by atoms with Gasteiger partial charge in [-0.25, -0.2) is 0 Å². The molecule has 122 valence electrons. The number of morpholine rings is 1. The third-order valence-corrected chi connectivity index (χ3v) is 5.24. The lowest BCUT2D eigenvalue weighted by Crippen LogP contribution is -2.48. The van der Waals surface area contributed by atoms with Crippen molar-refractivity contribution in [3.05, 3.63) is 22.4 Å². The van der Waals surface area contributed by atoms with Crippen LogP contribution in [-0.4, -0.2) is 74.4 Å². The molecule has 2 fully saturated rings. The number of carbonyl (C=O) groups is 1. The van der Waals surface area contributed by atoms with Crippen LogP contribution in [0.25, 0.3) is 0 Å². The van der Waals surface area contributed by atoms with Gasteiger partial charge in [-0.2, -0.15) is 0 Å². The second-order valence-corrected chi connectivity index (χ2v) is 6.72. The van der Waals surface area contributed by atoms with Crippen molar-refractivity contribution in [2.75, 3.05) is 52.6 Å². The van der Waals surface area contributed by atoms with Crippen molar-refractivity contribution < 1.29 is 14.3 Å². The van der Waals surface area contributed by atoms with Crippen LogP contribution in [-0.2, 0) is 9.47 Å². The number of nitrogens with zero attached hydrogens (tertiary/aromatic N) is 2. The molecule has 1 aromatic heterocycles. The van der Waals surface area contributed by atoms with Gasteiger partial charge in [-0.15, -0.1) is 11.3 Å². The Balaban J connectivity index is 1.63. The molecule has 2 aliphatic heterocycles. The first-order valence-electron chi connectivity index (χ1n) is 8.07. The number of hydrogen-bond donors (Lipinski definition) is 0. The molecule has 0 radical (unpaired) electrons. The Labute approximate surface area is 135 Å². The lowest BCUT2D eigenvalue weighted by molar-refractivity contribution is 0.0143. The Hall–Kier alpha value is -0.950. The fraction of sp³-hybridized carbons (Fsp3) is 0.688. The predicted octanol–water partition coefficient (Wildman–Crippen LogP) is 1.70. The standard InChI is InChI=1S/C16H24N2O3S/c19-16(15-2-1-13-22-15)18(14-3-9-20-10-4-14)6-5-17-7-11-21-12-8-17/h1-2,13-14H,3-12H2. The van der Waals surface area contributed by atoms with Gasteiger partial charge in [0.15, 0.2) is 0 Å². The first-order chi connectivity index (χ1) is 10.8. The highest BCUT2D eigenvalue weighted by molar-refractivity contribution is 7.12. The highest BCUT2D eigenvalue weighted by Crippen LogP contribution is 2.20. The molecule has 6 heteroatoms. The highest BCUT2D eigenvalue weighted by Gasteiger charge is 2.27. The maximum Gasteiger partial charge on any atom is 0.264 e. The number of rotatable bonds is 5. The van der Waals surface area contributed by atoms with Gasteiger partial charge in [0, 0.05) is 45.4 Å². The lowest BCUT2D eigenvalue weighted by Gasteiger charge is -2.36. The third kappa shape index (κ3) is 4.07. The topological polar surface area (TPSA) is 42.0 Å². The van der Waals surface area contributed by atoms with Crippen LogP contribution < -0.4 is 0 Å². The van der Waals surface area contributed by atoms with Gasteiger partial charge in [0.05, 0.1) is 18.1 Å². The van der Waals surface area contributed by atoms with Crippen LogP contribution >= 0.6 is 11.3 Å². The van der Waals surface area contributed by atoms with E-state index in [4.69, 9.17) is 9.47 Å². The molecule has 0 atom stereocenters. The molecule has 2 aliphatic rings. The molecule has 0 unspecified atom stereocenters. The first-order valence-corrected chi connectivity index (χ1v) is 8.95. The van der Waals surface area contributed by atoms with Crippen LogP contribution in [0.15, 0.2) is 17.5 Å². The van der Waals surface area contributed by atoms with E-state index in [1.165, 1.54) is 11.3 Å². The third-order valence-electron chi connectivity index (χ3n) is 4.39. The Morgan fingerprint density at radius 1 is 1.23 bits per heavy atom. The minimum Gasteiger partial charge on any atom is -0.381 e. The van der Waals surface area contributed by atoms with E-state index in [2.05, 4.69) is 9.80 Å². The molecular weight excluding hydrogens is 300 g/mol. The van der Waals surface area contributed by atoms with Crippen molar-refractivity contribution in [2.45, 2.75) is 18.9 Å². The van der Waals surface area contributed by atoms with Gasteiger partial charge in [-0.05, 0) is 24.3 Å². The van der Waals surface area contributed by atoms with E-state index >= 15 is 0 Å². The predicted molar refractivity (Wildman–Crippen MR) is 86.5 cm³/mol. The first kappa shape index (κ1) is 15.9. The van der Waals surface area contributed by atoms with Crippen molar-refractivity contribution in [3.8, 4) is 0 Å². The second kappa shape index (κ2) is 8.06. The minimum atomic E-state index is 0.176. The van der Waals surface area contributed by atoms with E-state index < -0.39 is 0 Å². The number of amides is 1. The summed E-state index contributed by atoms with van der Waals surface area (Å²) in [6, 6.07) is 4.18. The molecule has 3 heterocycles. The Kier molecular flexibility index (Phi) is 5.83. The zero-order valence-electron chi connectivity index (χ0n) is 12.9. The Morgan fingerprint density at radius 2 is 1.95 bits per heavy atom. The molecule has 2 saturated heterocycles. The lowest BCUT2D eigenvalue weighted by atomic mass is 10.1. The van der Waals surface area contributed by atoms with Crippen molar-refractivity contribution in [1.29, 1.82) is 0 Å². The average Bonchev–Trinajstić information content (AvgIpc) is 3.11. The molecule has 0 spiro atoms. The summed E-state index contributed by atoms with van der Waals surface area (Å²) >= 11 is 1.53. The van der Waals surface area contributed by atoms with Crippen molar-refractivity contribution in [1.82, 2.24) is 9.80 Å². The molecule has 5 nitrogen and oxygen atoms in total. The van der Waals surface area contributed by atoms with E-state index in [0.29, 0.717) is 6.04 Å². The van der Waals surface area contributed by atoms with Crippen molar-refractivity contribution in [2.24, 2.45) is 0 Å². The van der Waals surface area contributed by atoms with E-state index in [9.17, 15) is 4.79 Å². The van der Waals surface area contributed by atoms with Gasteiger partial charge >= 0.3 is 0 Å². The van der Waals surface area contributed by atoms with Gasteiger partial charge in [-0.1, -0.05) is 6.07 Å². The Bertz CT molecular complexity index is 454. The zero-order chi connectivity index (χ0) is 15.2. The average molecular weight is 324 g/mol. The highest BCUT2D eigenvalue weighted by atomic mass is 32.1. The van der Waals surface area contributed by atoms with Gasteiger partial charge in [0.1, 0.15) is 0 Å². The van der Waals surface area contributed by atoms with E-state index in [1.54, 1.807) is 0 Å². The maximum atomic E-state index is 12.8. The van der Waals surface area contributed by atoms with Crippen molar-refractivity contribution in [3.63, 3.8) is 0 Å². The molecule has 1 amide bonds. The summed E-state index contributed by atoms with van der Waals surface area (Å²) in [7, 11) is 0. The monoisotopic (exact) mass is 324 g/mol. The molecule has 0 bridgehead atoms. The normalized spacial score (nSPS) is 20.9. The largest absolute Gasteiger partial charge is 0.381 e. The fourth-order valence-electron chi connectivity index (χ4n) is 3.06. The Morgan fingerprint density at radius 3 is 2.64 bits per heavy atom. The number of thiophene rings is 1. The summed E-state index contributed by atoms with van der Waals surface area (Å²) in [5.41, 5.74) is 0. The summed E-state index contributed by atoms with van der Waals surface area (Å²) in [4.78, 5) is 18.1. The fourth-order valence-corrected chi connectivity index (χ4v) is 3.74. The second-order valence-electron chi connectivity index (χ2n) is 5.77. The number of hydrogen-bond acceptors (Lipinski definition) is 5.